The van der Waals surface area contributed by atoms with E-state index in [9.17, 15) is 0 Å². The van der Waals surface area contributed by atoms with Crippen molar-refractivity contribution in [2.75, 3.05) is 46.1 Å². The minimum absolute atomic E-state index is 0. The lowest BCUT2D eigenvalue weighted by Crippen LogP contribution is -2.41. The molecule has 2 aliphatic heterocycles. The summed E-state index contributed by atoms with van der Waals surface area (Å²) in [5.41, 5.74) is 0. The van der Waals surface area contributed by atoms with E-state index in [-0.39, 0.29) is 30.1 Å². The molecule has 10 heteroatoms. The molecule has 1 aromatic heterocycles. The van der Waals surface area contributed by atoms with Gasteiger partial charge in [-0.2, -0.15) is 0 Å². The van der Waals surface area contributed by atoms with Gasteiger partial charge in [0.05, 0.1) is 19.3 Å². The van der Waals surface area contributed by atoms with Crippen molar-refractivity contribution in [1.29, 1.82) is 0 Å². The van der Waals surface area contributed by atoms with Gasteiger partial charge in [-0.3, -0.25) is 0 Å². The maximum atomic E-state index is 5.77. The molecule has 0 aliphatic carbocycles. The van der Waals surface area contributed by atoms with E-state index in [2.05, 4.69) is 25.8 Å². The van der Waals surface area contributed by atoms with Gasteiger partial charge in [0.2, 0.25) is 0 Å². The zero-order chi connectivity index (χ0) is 19.6. The number of ether oxygens (including phenoxy) is 3. The number of aliphatic imine (C=N–C) groups is 1. The average molecular weight is 522 g/mol. The third-order valence-corrected chi connectivity index (χ3v) is 5.22. The minimum Gasteiger partial charge on any atom is -0.381 e. The minimum atomic E-state index is 0. The summed E-state index contributed by atoms with van der Waals surface area (Å²) in [5.74, 6) is 3.07. The Balaban J connectivity index is 0.00000300. The second-order valence-corrected chi connectivity index (χ2v) is 7.49. The van der Waals surface area contributed by atoms with Crippen LogP contribution in [0.2, 0.25) is 0 Å². The molecule has 2 atom stereocenters. The van der Waals surface area contributed by atoms with Crippen LogP contribution in [0.4, 0.5) is 0 Å². The highest BCUT2D eigenvalue weighted by Gasteiger charge is 2.16. The van der Waals surface area contributed by atoms with Crippen molar-refractivity contribution < 1.29 is 14.2 Å². The van der Waals surface area contributed by atoms with E-state index in [1.165, 1.54) is 0 Å². The Bertz CT molecular complexity index is 615. The first kappa shape index (κ1) is 24.3. The number of halogens is 1. The second-order valence-electron chi connectivity index (χ2n) is 7.49. The highest BCUT2D eigenvalue weighted by molar-refractivity contribution is 14.0. The van der Waals surface area contributed by atoms with Gasteiger partial charge >= 0.3 is 0 Å². The van der Waals surface area contributed by atoms with Crippen LogP contribution in [-0.4, -0.2) is 73.0 Å². The van der Waals surface area contributed by atoms with Crippen molar-refractivity contribution in [1.82, 2.24) is 25.4 Å². The van der Waals surface area contributed by atoms with E-state index < -0.39 is 0 Å². The highest BCUT2D eigenvalue weighted by atomic mass is 127. The normalized spacial score (nSPS) is 21.9. The van der Waals surface area contributed by atoms with Crippen molar-refractivity contribution in [3.05, 3.63) is 11.6 Å². The SMILES string of the molecule is Cc1nnc(CN=C(NCCCOCC2CCOC2)NCC2CCCO2)n1C.I. The maximum Gasteiger partial charge on any atom is 0.191 e. The highest BCUT2D eigenvalue weighted by Crippen LogP contribution is 2.12. The van der Waals surface area contributed by atoms with Gasteiger partial charge in [0, 0.05) is 45.9 Å². The van der Waals surface area contributed by atoms with E-state index in [1.54, 1.807) is 0 Å². The molecule has 0 bridgehead atoms. The topological polar surface area (TPSA) is 94.8 Å². The summed E-state index contributed by atoms with van der Waals surface area (Å²) in [6.07, 6.45) is 4.54. The van der Waals surface area contributed by atoms with Crippen LogP contribution in [0.15, 0.2) is 4.99 Å². The van der Waals surface area contributed by atoms with Gasteiger partial charge in [-0.15, -0.1) is 34.2 Å². The summed E-state index contributed by atoms with van der Waals surface area (Å²) in [5, 5.41) is 15.1. The molecule has 29 heavy (non-hydrogen) atoms. The lowest BCUT2D eigenvalue weighted by molar-refractivity contribution is 0.0887. The Hall–Kier alpha value is -0.980. The van der Waals surface area contributed by atoms with Crippen LogP contribution in [0.5, 0.6) is 0 Å². The lowest BCUT2D eigenvalue weighted by Gasteiger charge is -2.16. The Kier molecular flexibility index (Phi) is 11.2. The molecule has 0 radical (unpaired) electrons. The molecule has 3 rings (SSSR count). The van der Waals surface area contributed by atoms with Gasteiger partial charge in [0.1, 0.15) is 12.4 Å². The molecule has 2 N–H and O–H groups in total. The summed E-state index contributed by atoms with van der Waals surface area (Å²) < 4.78 is 18.8. The number of nitrogens with one attached hydrogen (secondary N) is 2. The standard InChI is InChI=1S/C19H34N6O3.HI/c1-15-23-24-18(25(15)2)12-22-19(21-11-17-5-3-9-28-17)20-7-4-8-26-13-16-6-10-27-14-16;/h16-17H,3-14H2,1-2H3,(H2,20,21,22);1H. The molecular formula is C19H35IN6O3. The van der Waals surface area contributed by atoms with Crippen LogP contribution in [0.1, 0.15) is 37.3 Å². The van der Waals surface area contributed by atoms with Crippen LogP contribution in [-0.2, 0) is 27.8 Å². The van der Waals surface area contributed by atoms with Gasteiger partial charge in [-0.25, -0.2) is 4.99 Å². The average Bonchev–Trinajstić information content (AvgIpc) is 3.45. The lowest BCUT2D eigenvalue weighted by atomic mass is 10.1. The number of rotatable bonds is 10. The first-order chi connectivity index (χ1) is 13.7. The number of guanidine groups is 1. The third kappa shape index (κ3) is 8.35. The molecule has 2 fully saturated rings. The first-order valence-corrected chi connectivity index (χ1v) is 10.4. The monoisotopic (exact) mass is 522 g/mol. The summed E-state index contributed by atoms with van der Waals surface area (Å²) in [7, 11) is 1.96. The summed E-state index contributed by atoms with van der Waals surface area (Å²) in [6, 6.07) is 0. The van der Waals surface area contributed by atoms with Crippen molar-refractivity contribution in [2.24, 2.45) is 18.0 Å². The van der Waals surface area contributed by atoms with Crippen LogP contribution < -0.4 is 10.6 Å². The van der Waals surface area contributed by atoms with Crippen LogP contribution >= 0.6 is 24.0 Å². The fourth-order valence-corrected chi connectivity index (χ4v) is 3.27. The van der Waals surface area contributed by atoms with E-state index >= 15 is 0 Å². The van der Waals surface area contributed by atoms with Gasteiger partial charge in [-0.05, 0) is 32.6 Å². The molecule has 2 unspecified atom stereocenters. The zero-order valence-electron chi connectivity index (χ0n) is 17.6. The fraction of sp³-hybridized carbons (Fsp3) is 0.842. The number of hydrogen-bond donors (Lipinski definition) is 2. The summed E-state index contributed by atoms with van der Waals surface area (Å²) in [6.45, 7) is 8.09. The summed E-state index contributed by atoms with van der Waals surface area (Å²) in [4.78, 5) is 4.67. The van der Waals surface area contributed by atoms with Crippen LogP contribution in [0.25, 0.3) is 0 Å². The predicted octanol–water partition coefficient (Wildman–Crippen LogP) is 1.40. The Morgan fingerprint density at radius 2 is 2.17 bits per heavy atom. The summed E-state index contributed by atoms with van der Waals surface area (Å²) >= 11 is 0. The molecule has 0 aromatic carbocycles. The van der Waals surface area contributed by atoms with Crippen molar-refractivity contribution in [3.63, 3.8) is 0 Å². The molecule has 1 aromatic rings. The first-order valence-electron chi connectivity index (χ1n) is 10.4. The molecular weight excluding hydrogens is 487 g/mol. The largest absolute Gasteiger partial charge is 0.381 e. The molecule has 3 heterocycles. The molecule has 0 spiro atoms. The smallest absolute Gasteiger partial charge is 0.191 e. The van der Waals surface area contributed by atoms with E-state index in [0.717, 1.165) is 89.4 Å². The van der Waals surface area contributed by atoms with Crippen LogP contribution in [0.3, 0.4) is 0 Å². The van der Waals surface area contributed by atoms with Gasteiger partial charge in [0.15, 0.2) is 11.8 Å². The predicted molar refractivity (Wildman–Crippen MR) is 122 cm³/mol. The molecule has 0 saturated carbocycles. The molecule has 9 nitrogen and oxygen atoms in total. The van der Waals surface area contributed by atoms with Crippen LogP contribution in [0, 0.1) is 12.8 Å². The van der Waals surface area contributed by atoms with E-state index in [0.29, 0.717) is 12.5 Å². The van der Waals surface area contributed by atoms with Crippen molar-refractivity contribution >= 4 is 29.9 Å². The third-order valence-electron chi connectivity index (χ3n) is 5.22. The van der Waals surface area contributed by atoms with Gasteiger partial charge in [0.25, 0.3) is 0 Å². The molecule has 2 aliphatic rings. The maximum absolute atomic E-state index is 5.77. The van der Waals surface area contributed by atoms with E-state index in [4.69, 9.17) is 14.2 Å². The second kappa shape index (κ2) is 13.3. The fourth-order valence-electron chi connectivity index (χ4n) is 3.27. The molecule has 166 valence electrons. The molecule has 0 amide bonds. The zero-order valence-corrected chi connectivity index (χ0v) is 19.9. The number of nitrogens with zero attached hydrogens (tertiary/aromatic N) is 4. The number of hydrogen-bond acceptors (Lipinski definition) is 6. The van der Waals surface area contributed by atoms with Gasteiger partial charge in [-0.1, -0.05) is 0 Å². The van der Waals surface area contributed by atoms with E-state index in [1.807, 2.05) is 18.5 Å². The quantitative estimate of drug-likeness (QED) is 0.208. The number of aromatic nitrogens is 3. The Morgan fingerprint density at radius 3 is 2.86 bits per heavy atom. The Labute approximate surface area is 190 Å². The van der Waals surface area contributed by atoms with Gasteiger partial charge < -0.3 is 29.4 Å². The Morgan fingerprint density at radius 1 is 1.28 bits per heavy atom. The van der Waals surface area contributed by atoms with Crippen molar-refractivity contribution in [2.45, 2.75) is 45.3 Å². The number of aryl methyl sites for hydroxylation is 1. The van der Waals surface area contributed by atoms with Crippen molar-refractivity contribution in [3.8, 4) is 0 Å². The molecule has 2 saturated heterocycles.